The lowest BCUT2D eigenvalue weighted by molar-refractivity contribution is 0.432. The van der Waals surface area contributed by atoms with Crippen LogP contribution in [0, 0.1) is 10.8 Å². The standard InChI is InChI=1S/C40H46N8O6S2/c1-5-21-17-25(18-22(6-2)31(21)39(55(49,50)51)29-15-11-9-13-27(29)33(41)35(47-45)37(39)43)26-19-23(7-3)32(24(8-4)20-26)40(56(52,53)54)30-16-12-10-14-28(30)34(42)36(48-46)38(40)44/h9-20,37-38,41-42H,5-8,43-46H2,1-4H3,(H,49,50,51)(H,52,53,54)/b41-33?,42-34?,47-35-,48-36+. The molecule has 14 nitrogen and oxygen atoms in total. The van der Waals surface area contributed by atoms with E-state index in [1.165, 1.54) is 0 Å². The van der Waals surface area contributed by atoms with Gasteiger partial charge in [0.25, 0.3) is 20.2 Å². The van der Waals surface area contributed by atoms with Crippen LogP contribution in [0.4, 0.5) is 0 Å². The van der Waals surface area contributed by atoms with Crippen molar-refractivity contribution in [1.29, 1.82) is 10.8 Å². The summed E-state index contributed by atoms with van der Waals surface area (Å²) >= 11 is 0. The third-order valence-electron chi connectivity index (χ3n) is 11.5. The average molecular weight is 799 g/mol. The molecule has 6 rings (SSSR count). The smallest absolute Gasteiger partial charge is 0.281 e. The van der Waals surface area contributed by atoms with Crippen molar-refractivity contribution in [2.75, 3.05) is 0 Å². The zero-order valence-electron chi connectivity index (χ0n) is 31.5. The quantitative estimate of drug-likeness (QED) is 0.0686. The lowest BCUT2D eigenvalue weighted by atomic mass is 9.69. The third-order valence-corrected chi connectivity index (χ3v) is 14.4. The molecule has 4 atom stereocenters. The highest BCUT2D eigenvalue weighted by Gasteiger charge is 2.61. The Morgan fingerprint density at radius 3 is 1.12 bits per heavy atom. The summed E-state index contributed by atoms with van der Waals surface area (Å²) in [5.74, 6) is 11.5. The molecule has 0 amide bonds. The van der Waals surface area contributed by atoms with Crippen molar-refractivity contribution in [2.45, 2.75) is 75.0 Å². The number of fused-ring (bicyclic) bond motifs is 2. The summed E-state index contributed by atoms with van der Waals surface area (Å²) < 4.78 is 74.0. The molecule has 0 aromatic heterocycles. The van der Waals surface area contributed by atoms with Crippen molar-refractivity contribution >= 4 is 43.1 Å². The van der Waals surface area contributed by atoms with Crippen LogP contribution < -0.4 is 23.2 Å². The summed E-state index contributed by atoms with van der Waals surface area (Å²) in [6.07, 6.45) is 1.22. The number of hydrogen-bond acceptors (Lipinski definition) is 12. The lowest BCUT2D eigenvalue weighted by Crippen LogP contribution is -2.61. The maximum atomic E-state index is 14.0. The summed E-state index contributed by atoms with van der Waals surface area (Å²) in [4.78, 5) is 0. The molecule has 2 aliphatic carbocycles. The average Bonchev–Trinajstić information content (AvgIpc) is 3.17. The minimum Gasteiger partial charge on any atom is -0.323 e. The van der Waals surface area contributed by atoms with Gasteiger partial charge in [-0.05, 0) is 81.3 Å². The van der Waals surface area contributed by atoms with Crippen LogP contribution in [-0.4, -0.2) is 60.9 Å². The minimum absolute atomic E-state index is 0.128. The Balaban J connectivity index is 1.70. The predicted molar refractivity (Wildman–Crippen MR) is 220 cm³/mol. The molecule has 0 heterocycles. The maximum Gasteiger partial charge on any atom is 0.281 e. The molecule has 56 heavy (non-hydrogen) atoms. The van der Waals surface area contributed by atoms with Crippen molar-refractivity contribution in [2.24, 2.45) is 33.4 Å². The molecule has 0 bridgehead atoms. The Labute approximate surface area is 326 Å². The van der Waals surface area contributed by atoms with Gasteiger partial charge in [0.15, 0.2) is 9.49 Å². The topological polar surface area (TPSA) is 285 Å². The second-order valence-electron chi connectivity index (χ2n) is 14.0. The van der Waals surface area contributed by atoms with E-state index >= 15 is 0 Å². The maximum absolute atomic E-state index is 14.0. The molecule has 294 valence electrons. The largest absolute Gasteiger partial charge is 0.323 e. The summed E-state index contributed by atoms with van der Waals surface area (Å²) in [7, 11) is -10.2. The van der Waals surface area contributed by atoms with Gasteiger partial charge in [-0.3, -0.25) is 19.9 Å². The number of rotatable bonds is 9. The van der Waals surface area contributed by atoms with Crippen LogP contribution in [-0.2, 0) is 55.4 Å². The SMILES string of the molecule is CCc1cc(-c2cc(CC)c(C3(S(=O)(=O)O)c4ccccc4C(=N)/C(=N/N)C3N)c(CC)c2)cc(CC)c1C1(S(=O)(=O)O)c2ccccc2C(=N)/C(=N\N)C1N. The van der Waals surface area contributed by atoms with Crippen LogP contribution >= 0.6 is 0 Å². The molecule has 0 spiro atoms. The van der Waals surface area contributed by atoms with Gasteiger partial charge in [-0.1, -0.05) is 100 Å². The Morgan fingerprint density at radius 1 is 0.589 bits per heavy atom. The van der Waals surface area contributed by atoms with Crippen molar-refractivity contribution in [1.82, 2.24) is 0 Å². The van der Waals surface area contributed by atoms with Gasteiger partial charge in [0, 0.05) is 11.1 Å². The number of nitrogens with two attached hydrogens (primary N) is 4. The molecule has 0 saturated carbocycles. The van der Waals surface area contributed by atoms with E-state index in [2.05, 4.69) is 10.2 Å². The van der Waals surface area contributed by atoms with Crippen molar-refractivity contribution in [3.05, 3.63) is 128 Å². The van der Waals surface area contributed by atoms with E-state index in [0.717, 1.165) is 0 Å². The molecule has 0 fully saturated rings. The van der Waals surface area contributed by atoms with E-state index in [4.69, 9.17) is 34.0 Å². The van der Waals surface area contributed by atoms with Crippen LogP contribution in [0.15, 0.2) is 83.0 Å². The Bertz CT molecular complexity index is 2380. The summed E-state index contributed by atoms with van der Waals surface area (Å²) in [6, 6.07) is 17.0. The van der Waals surface area contributed by atoms with E-state index in [0.29, 0.717) is 59.1 Å². The van der Waals surface area contributed by atoms with Crippen LogP contribution in [0.1, 0.15) is 83.3 Å². The second kappa shape index (κ2) is 14.4. The number of nitrogens with zero attached hydrogens (tertiary/aromatic N) is 2. The predicted octanol–water partition coefficient (Wildman–Crippen LogP) is 3.91. The van der Waals surface area contributed by atoms with Crippen molar-refractivity contribution in [3.8, 4) is 11.1 Å². The van der Waals surface area contributed by atoms with E-state index in [1.54, 1.807) is 48.5 Å². The number of benzene rings is 4. The Morgan fingerprint density at radius 2 is 0.875 bits per heavy atom. The lowest BCUT2D eigenvalue weighted by Gasteiger charge is -2.44. The van der Waals surface area contributed by atoms with Gasteiger partial charge in [-0.25, -0.2) is 0 Å². The van der Waals surface area contributed by atoms with Gasteiger partial charge < -0.3 is 23.2 Å². The molecular weight excluding hydrogens is 753 g/mol. The Kier molecular flexibility index (Phi) is 10.5. The van der Waals surface area contributed by atoms with E-state index in [1.807, 2.05) is 52.0 Å². The van der Waals surface area contributed by atoms with E-state index in [9.17, 15) is 25.9 Å². The zero-order valence-corrected chi connectivity index (χ0v) is 33.1. The fourth-order valence-electron chi connectivity index (χ4n) is 9.02. The zero-order chi connectivity index (χ0) is 41.1. The van der Waals surface area contributed by atoms with Gasteiger partial charge in [0.2, 0.25) is 0 Å². The number of aryl methyl sites for hydroxylation is 4. The first kappa shape index (κ1) is 40.6. The van der Waals surface area contributed by atoms with Crippen LogP contribution in [0.2, 0.25) is 0 Å². The molecule has 2 aliphatic rings. The summed E-state index contributed by atoms with van der Waals surface area (Å²) in [5, 5.41) is 25.1. The van der Waals surface area contributed by atoms with E-state index < -0.39 is 41.8 Å². The van der Waals surface area contributed by atoms with E-state index in [-0.39, 0.29) is 56.2 Å². The second-order valence-corrected chi connectivity index (χ2v) is 17.2. The van der Waals surface area contributed by atoms with Gasteiger partial charge in [0.05, 0.1) is 23.5 Å². The molecule has 12 N–H and O–H groups in total. The Hall–Kier alpha value is -5.10. The summed E-state index contributed by atoms with van der Waals surface area (Å²) in [6.45, 7) is 7.40. The first-order valence-electron chi connectivity index (χ1n) is 18.2. The van der Waals surface area contributed by atoms with Gasteiger partial charge in [-0.15, -0.1) is 0 Å². The number of nitrogens with one attached hydrogen (secondary N) is 2. The summed E-state index contributed by atoms with van der Waals surface area (Å²) in [5.41, 5.74) is 17.6. The van der Waals surface area contributed by atoms with Crippen molar-refractivity contribution < 1.29 is 25.9 Å². The molecule has 0 radical (unpaired) electrons. The monoisotopic (exact) mass is 798 g/mol. The molecule has 16 heteroatoms. The normalized spacial score (nSPS) is 24.0. The van der Waals surface area contributed by atoms with Crippen molar-refractivity contribution in [3.63, 3.8) is 0 Å². The number of hydrogen-bond donors (Lipinski definition) is 8. The third kappa shape index (κ3) is 5.49. The first-order chi connectivity index (χ1) is 26.5. The van der Waals surface area contributed by atoms with Crippen LogP contribution in [0.5, 0.6) is 0 Å². The molecular formula is C40H46N8O6S2. The highest BCUT2D eigenvalue weighted by atomic mass is 32.2. The highest BCUT2D eigenvalue weighted by Crippen LogP contribution is 2.51. The van der Waals surface area contributed by atoms with Crippen LogP contribution in [0.3, 0.4) is 0 Å². The van der Waals surface area contributed by atoms with Gasteiger partial charge in [-0.2, -0.15) is 27.0 Å². The molecule has 4 aromatic rings. The minimum atomic E-state index is -5.10. The fraction of sp³-hybridized carbons (Fsp3) is 0.300. The first-order valence-corrected chi connectivity index (χ1v) is 21.1. The molecule has 4 unspecified atom stereocenters. The van der Waals surface area contributed by atoms with Gasteiger partial charge in [0.1, 0.15) is 11.4 Å². The number of hydrazone groups is 2. The molecule has 4 aromatic carbocycles. The molecule has 0 aliphatic heterocycles. The van der Waals surface area contributed by atoms with Gasteiger partial charge >= 0.3 is 0 Å². The fourth-order valence-corrected chi connectivity index (χ4v) is 11.8. The van der Waals surface area contributed by atoms with Crippen LogP contribution in [0.25, 0.3) is 11.1 Å². The highest BCUT2D eigenvalue weighted by molar-refractivity contribution is 7.87. The molecule has 0 saturated heterocycles.